The SMILES string of the molecule is [C-]#[N+]c1ccc(OC2C(C)(C)C(n3nc4ccccn4c3=O)C2(C)C)cc1Cl. The van der Waals surface area contributed by atoms with Crippen molar-refractivity contribution in [2.24, 2.45) is 10.8 Å². The maximum Gasteiger partial charge on any atom is 0.350 e. The second kappa shape index (κ2) is 6.11. The Bertz CT molecular complexity index is 1150. The first-order chi connectivity index (χ1) is 13.2. The molecule has 4 rings (SSSR count). The van der Waals surface area contributed by atoms with Gasteiger partial charge in [0.05, 0.1) is 17.6 Å². The molecule has 1 aliphatic rings. The predicted octanol–water partition coefficient (Wildman–Crippen LogP) is 4.75. The second-order valence-electron chi connectivity index (χ2n) is 8.42. The number of benzene rings is 1. The van der Waals surface area contributed by atoms with Crippen molar-refractivity contribution in [2.75, 3.05) is 0 Å². The first kappa shape index (κ1) is 18.6. The van der Waals surface area contributed by atoms with E-state index in [1.54, 1.807) is 33.5 Å². The topological polar surface area (TPSA) is 52.9 Å². The standard InChI is InChI=1S/C21H21ClN4O2/c1-20(2)17(26-19(27)25-11-7-6-8-16(25)24-26)21(3,4)18(20)28-13-9-10-15(23-5)14(22)12-13/h6-12,17-18H,1-4H3. The zero-order valence-corrected chi connectivity index (χ0v) is 16.9. The summed E-state index contributed by atoms with van der Waals surface area (Å²) in [5, 5.41) is 4.93. The van der Waals surface area contributed by atoms with Gasteiger partial charge in [-0.2, -0.15) is 0 Å². The van der Waals surface area contributed by atoms with Crippen LogP contribution < -0.4 is 10.4 Å². The van der Waals surface area contributed by atoms with E-state index in [9.17, 15) is 4.79 Å². The molecule has 0 unspecified atom stereocenters. The quantitative estimate of drug-likeness (QED) is 0.600. The van der Waals surface area contributed by atoms with E-state index in [-0.39, 0.29) is 28.7 Å². The van der Waals surface area contributed by atoms with Gasteiger partial charge in [-0.1, -0.05) is 51.4 Å². The van der Waals surface area contributed by atoms with Gasteiger partial charge in [0.25, 0.3) is 0 Å². The van der Waals surface area contributed by atoms with Crippen LogP contribution in [0.4, 0.5) is 5.69 Å². The monoisotopic (exact) mass is 396 g/mol. The van der Waals surface area contributed by atoms with Crippen molar-refractivity contribution < 1.29 is 4.74 Å². The van der Waals surface area contributed by atoms with Crippen LogP contribution in [0.3, 0.4) is 0 Å². The summed E-state index contributed by atoms with van der Waals surface area (Å²) in [5.74, 6) is 0.615. The lowest BCUT2D eigenvalue weighted by Crippen LogP contribution is -2.67. The minimum atomic E-state index is -0.337. The van der Waals surface area contributed by atoms with Crippen LogP contribution in [-0.2, 0) is 0 Å². The molecule has 3 aromatic rings. The summed E-state index contributed by atoms with van der Waals surface area (Å²) < 4.78 is 9.44. The molecule has 6 nitrogen and oxygen atoms in total. The Balaban J connectivity index is 1.69. The van der Waals surface area contributed by atoms with E-state index in [4.69, 9.17) is 22.9 Å². The van der Waals surface area contributed by atoms with Gasteiger partial charge in [0.2, 0.25) is 5.69 Å². The van der Waals surface area contributed by atoms with Crippen LogP contribution in [-0.4, -0.2) is 20.3 Å². The lowest BCUT2D eigenvalue weighted by Gasteiger charge is -2.62. The van der Waals surface area contributed by atoms with E-state index in [1.807, 2.05) is 18.2 Å². The van der Waals surface area contributed by atoms with Gasteiger partial charge in [-0.3, -0.25) is 4.40 Å². The van der Waals surface area contributed by atoms with Crippen LogP contribution in [0.1, 0.15) is 33.7 Å². The fraction of sp³-hybridized carbons (Fsp3) is 0.381. The second-order valence-corrected chi connectivity index (χ2v) is 8.83. The number of rotatable bonds is 3. The summed E-state index contributed by atoms with van der Waals surface area (Å²) in [6.45, 7) is 15.4. The molecule has 0 atom stereocenters. The fourth-order valence-corrected chi connectivity index (χ4v) is 5.15. The number of pyridine rings is 1. The van der Waals surface area contributed by atoms with Crippen LogP contribution in [0, 0.1) is 17.4 Å². The molecule has 0 radical (unpaired) electrons. The van der Waals surface area contributed by atoms with Gasteiger partial charge in [-0.05, 0) is 24.3 Å². The molecule has 0 spiro atoms. The Labute approximate surface area is 168 Å². The van der Waals surface area contributed by atoms with Crippen molar-refractivity contribution in [1.82, 2.24) is 14.2 Å². The lowest BCUT2D eigenvalue weighted by molar-refractivity contribution is -0.192. The van der Waals surface area contributed by atoms with E-state index >= 15 is 0 Å². The van der Waals surface area contributed by atoms with Gasteiger partial charge in [0.15, 0.2) is 5.65 Å². The third kappa shape index (κ3) is 2.54. The lowest BCUT2D eigenvalue weighted by atomic mass is 9.49. The van der Waals surface area contributed by atoms with Crippen LogP contribution >= 0.6 is 11.6 Å². The maximum atomic E-state index is 12.9. The smallest absolute Gasteiger partial charge is 0.350 e. The van der Waals surface area contributed by atoms with Crippen LogP contribution in [0.25, 0.3) is 10.5 Å². The molecule has 2 heterocycles. The van der Waals surface area contributed by atoms with Crippen LogP contribution in [0.5, 0.6) is 5.75 Å². The van der Waals surface area contributed by atoms with Gasteiger partial charge in [0, 0.05) is 17.0 Å². The molecule has 28 heavy (non-hydrogen) atoms. The van der Waals surface area contributed by atoms with E-state index in [1.165, 1.54) is 0 Å². The number of aromatic nitrogens is 3. The third-order valence-corrected chi connectivity index (χ3v) is 6.05. The largest absolute Gasteiger partial charge is 0.489 e. The van der Waals surface area contributed by atoms with Crippen molar-refractivity contribution in [3.8, 4) is 5.75 Å². The summed E-state index contributed by atoms with van der Waals surface area (Å²) in [6, 6.07) is 10.5. The van der Waals surface area contributed by atoms with Crippen LogP contribution in [0.2, 0.25) is 5.02 Å². The van der Waals surface area contributed by atoms with E-state index in [0.29, 0.717) is 22.1 Å². The molecule has 0 saturated heterocycles. The van der Waals surface area contributed by atoms with Crippen LogP contribution in [0.15, 0.2) is 47.4 Å². The highest BCUT2D eigenvalue weighted by molar-refractivity contribution is 6.33. The minimum absolute atomic E-state index is 0.129. The molecule has 1 aliphatic carbocycles. The average Bonchev–Trinajstić information content (AvgIpc) is 2.95. The van der Waals surface area contributed by atoms with E-state index in [2.05, 4.69) is 37.6 Å². The molecular weight excluding hydrogens is 376 g/mol. The molecule has 1 aromatic carbocycles. The Morgan fingerprint density at radius 2 is 1.89 bits per heavy atom. The van der Waals surface area contributed by atoms with Crippen molar-refractivity contribution in [3.05, 3.63) is 69.5 Å². The number of halogens is 1. The number of hydrogen-bond acceptors (Lipinski definition) is 3. The normalized spacial score (nSPS) is 22.4. The highest BCUT2D eigenvalue weighted by Crippen LogP contribution is 2.62. The molecule has 2 aromatic heterocycles. The van der Waals surface area contributed by atoms with Crippen molar-refractivity contribution in [1.29, 1.82) is 0 Å². The number of hydrogen-bond donors (Lipinski definition) is 0. The van der Waals surface area contributed by atoms with Gasteiger partial charge < -0.3 is 4.74 Å². The molecule has 0 aliphatic heterocycles. The Morgan fingerprint density at radius 1 is 1.18 bits per heavy atom. The maximum absolute atomic E-state index is 12.9. The number of fused-ring (bicyclic) bond motifs is 1. The molecule has 0 bridgehead atoms. The first-order valence-corrected chi connectivity index (χ1v) is 9.45. The van der Waals surface area contributed by atoms with Gasteiger partial charge in [-0.25, -0.2) is 14.3 Å². The highest BCUT2D eigenvalue weighted by Gasteiger charge is 2.65. The summed E-state index contributed by atoms with van der Waals surface area (Å²) in [7, 11) is 0. The highest BCUT2D eigenvalue weighted by atomic mass is 35.5. The molecular formula is C21H21ClN4O2. The first-order valence-electron chi connectivity index (χ1n) is 9.07. The van der Waals surface area contributed by atoms with Crippen molar-refractivity contribution in [3.63, 3.8) is 0 Å². The predicted molar refractivity (Wildman–Crippen MR) is 108 cm³/mol. The zero-order chi connectivity index (χ0) is 20.3. The Hall–Kier alpha value is -2.78. The molecule has 0 amide bonds. The van der Waals surface area contributed by atoms with Gasteiger partial charge >= 0.3 is 5.69 Å². The summed E-state index contributed by atoms with van der Waals surface area (Å²) in [5.41, 5.74) is 0.205. The van der Waals surface area contributed by atoms with E-state index < -0.39 is 0 Å². The van der Waals surface area contributed by atoms with E-state index in [0.717, 1.165) is 0 Å². The Morgan fingerprint density at radius 3 is 2.50 bits per heavy atom. The Kier molecular flexibility index (Phi) is 4.06. The van der Waals surface area contributed by atoms with Gasteiger partial charge in [0.1, 0.15) is 11.9 Å². The molecule has 144 valence electrons. The number of nitrogens with zero attached hydrogens (tertiary/aromatic N) is 4. The molecule has 1 saturated carbocycles. The molecule has 7 heteroatoms. The molecule has 0 N–H and O–H groups in total. The van der Waals surface area contributed by atoms with Gasteiger partial charge in [-0.15, -0.1) is 5.10 Å². The summed E-state index contributed by atoms with van der Waals surface area (Å²) in [4.78, 5) is 16.3. The zero-order valence-electron chi connectivity index (χ0n) is 16.2. The summed E-state index contributed by atoms with van der Waals surface area (Å²) >= 11 is 6.15. The number of ether oxygens (including phenoxy) is 1. The average molecular weight is 397 g/mol. The fourth-order valence-electron chi connectivity index (χ4n) is 4.94. The minimum Gasteiger partial charge on any atom is -0.489 e. The molecule has 1 fully saturated rings. The summed E-state index contributed by atoms with van der Waals surface area (Å²) in [6.07, 6.45) is 1.57. The van der Waals surface area contributed by atoms with Crippen molar-refractivity contribution >= 4 is 22.9 Å². The van der Waals surface area contributed by atoms with Crippen molar-refractivity contribution in [2.45, 2.75) is 39.8 Å². The third-order valence-electron chi connectivity index (χ3n) is 5.75.